The molecule has 4 heterocycles. The summed E-state index contributed by atoms with van der Waals surface area (Å²) in [4.78, 5) is 64.1. The summed E-state index contributed by atoms with van der Waals surface area (Å²) in [5.74, 6) is -3.32. The molecule has 0 saturated carbocycles. The van der Waals surface area contributed by atoms with E-state index in [2.05, 4.69) is 21.9 Å². The molecule has 18 heteroatoms. The van der Waals surface area contributed by atoms with E-state index in [9.17, 15) is 32.3 Å². The zero-order chi connectivity index (χ0) is 41.2. The molecule has 300 valence electrons. The average molecular weight is 795 g/mol. The summed E-state index contributed by atoms with van der Waals surface area (Å²) < 4.78 is 80.4. The SMILES string of the molecule is C=C(OCOC(=O)[C@H](Cc1ccc(-n2c(=O)c3ccncc3n(C)c2=O)c2ncccc12)NC(=O)c1c(C)cc(N2CCOC[C@@H]2C(F)(F)F)cc1F)OC(C)C. The van der Waals surface area contributed by atoms with Gasteiger partial charge >= 0.3 is 17.8 Å². The van der Waals surface area contributed by atoms with Crippen LogP contribution in [0.5, 0.6) is 0 Å². The Morgan fingerprint density at radius 3 is 2.58 bits per heavy atom. The normalized spacial score (nSPS) is 15.1. The molecule has 1 N–H and O–H groups in total. The van der Waals surface area contributed by atoms with Gasteiger partial charge in [-0.05, 0) is 68.8 Å². The highest BCUT2D eigenvalue weighted by Gasteiger charge is 2.45. The molecular formula is C39H38F4N6O8. The Bertz CT molecular complexity index is 2460. The van der Waals surface area contributed by atoms with Gasteiger partial charge in [-0.3, -0.25) is 24.1 Å². The largest absolute Gasteiger partial charge is 0.463 e. The van der Waals surface area contributed by atoms with E-state index in [1.807, 2.05) is 0 Å². The predicted octanol–water partition coefficient (Wildman–Crippen LogP) is 4.60. The lowest BCUT2D eigenvalue weighted by atomic mass is 9.99. The maximum Gasteiger partial charge on any atom is 0.411 e. The second kappa shape index (κ2) is 16.4. The third kappa shape index (κ3) is 8.45. The minimum Gasteiger partial charge on any atom is -0.463 e. The molecule has 2 atom stereocenters. The molecule has 0 radical (unpaired) electrons. The Morgan fingerprint density at radius 1 is 1.09 bits per heavy atom. The first-order chi connectivity index (χ1) is 27.1. The number of aryl methyl sites for hydroxylation is 2. The number of hydrogen-bond donors (Lipinski definition) is 1. The molecule has 1 aliphatic rings. The molecule has 1 amide bonds. The highest BCUT2D eigenvalue weighted by Crippen LogP contribution is 2.33. The van der Waals surface area contributed by atoms with Gasteiger partial charge in [-0.1, -0.05) is 12.1 Å². The Hall–Kier alpha value is -6.30. The Balaban J connectivity index is 1.35. The van der Waals surface area contributed by atoms with Crippen LogP contribution in [0.3, 0.4) is 0 Å². The van der Waals surface area contributed by atoms with Crippen LogP contribution in [0.4, 0.5) is 23.2 Å². The predicted molar refractivity (Wildman–Crippen MR) is 199 cm³/mol. The maximum absolute atomic E-state index is 15.8. The number of anilines is 1. The number of amides is 1. The first kappa shape index (κ1) is 40.4. The van der Waals surface area contributed by atoms with E-state index in [4.69, 9.17) is 18.9 Å². The van der Waals surface area contributed by atoms with Crippen LogP contribution >= 0.6 is 0 Å². The summed E-state index contributed by atoms with van der Waals surface area (Å²) in [5.41, 5.74) is -0.789. The van der Waals surface area contributed by atoms with E-state index >= 15 is 4.39 Å². The number of aromatic nitrogens is 4. The lowest BCUT2D eigenvalue weighted by molar-refractivity contribution is -0.167. The number of morpholine rings is 1. The van der Waals surface area contributed by atoms with E-state index in [0.717, 1.165) is 15.5 Å². The van der Waals surface area contributed by atoms with Gasteiger partial charge in [0.25, 0.3) is 17.4 Å². The van der Waals surface area contributed by atoms with E-state index in [-0.39, 0.29) is 59.5 Å². The Kier molecular flexibility index (Phi) is 11.6. The van der Waals surface area contributed by atoms with Crippen molar-refractivity contribution in [2.75, 3.05) is 31.5 Å². The second-order valence-corrected chi connectivity index (χ2v) is 13.5. The van der Waals surface area contributed by atoms with Crippen LogP contribution in [-0.2, 0) is 37.2 Å². The summed E-state index contributed by atoms with van der Waals surface area (Å²) in [7, 11) is 1.50. The number of carbonyl (C=O) groups is 2. The van der Waals surface area contributed by atoms with Gasteiger partial charge in [0.05, 0.1) is 53.2 Å². The summed E-state index contributed by atoms with van der Waals surface area (Å²) >= 11 is 0. The number of benzene rings is 2. The summed E-state index contributed by atoms with van der Waals surface area (Å²) in [6.45, 7) is 6.92. The van der Waals surface area contributed by atoms with Crippen LogP contribution in [0, 0.1) is 12.7 Å². The highest BCUT2D eigenvalue weighted by atomic mass is 19.4. The number of nitrogens with one attached hydrogen (secondary N) is 1. The molecule has 6 rings (SSSR count). The molecule has 1 aliphatic heterocycles. The fourth-order valence-electron chi connectivity index (χ4n) is 6.64. The number of fused-ring (bicyclic) bond motifs is 2. The van der Waals surface area contributed by atoms with Crippen molar-refractivity contribution in [3.63, 3.8) is 0 Å². The molecule has 0 unspecified atom stereocenters. The molecule has 2 aromatic carbocycles. The minimum absolute atomic E-state index is 0.00434. The van der Waals surface area contributed by atoms with Crippen molar-refractivity contribution in [3.05, 3.63) is 117 Å². The molecule has 0 bridgehead atoms. The first-order valence-corrected chi connectivity index (χ1v) is 17.7. The number of ether oxygens (including phenoxy) is 4. The van der Waals surface area contributed by atoms with Gasteiger partial charge in [0.15, 0.2) is 0 Å². The maximum atomic E-state index is 15.8. The van der Waals surface area contributed by atoms with E-state index in [0.29, 0.717) is 16.5 Å². The van der Waals surface area contributed by atoms with Crippen molar-refractivity contribution in [1.82, 2.24) is 24.4 Å². The van der Waals surface area contributed by atoms with Crippen LogP contribution in [0.2, 0.25) is 0 Å². The fourth-order valence-corrected chi connectivity index (χ4v) is 6.64. The molecule has 3 aromatic heterocycles. The van der Waals surface area contributed by atoms with Gasteiger partial charge in [-0.25, -0.2) is 18.5 Å². The van der Waals surface area contributed by atoms with Gasteiger partial charge in [-0.15, -0.1) is 0 Å². The first-order valence-electron chi connectivity index (χ1n) is 17.7. The third-order valence-electron chi connectivity index (χ3n) is 9.29. The number of rotatable bonds is 12. The zero-order valence-electron chi connectivity index (χ0n) is 31.3. The number of esters is 1. The summed E-state index contributed by atoms with van der Waals surface area (Å²) in [6, 6.07) is 6.31. The highest BCUT2D eigenvalue weighted by molar-refractivity contribution is 5.99. The van der Waals surface area contributed by atoms with Crippen molar-refractivity contribution in [2.24, 2.45) is 7.05 Å². The molecule has 0 aliphatic carbocycles. The van der Waals surface area contributed by atoms with Crippen LogP contribution in [-0.4, -0.2) is 81.9 Å². The standard InChI is InChI=1S/C39H38F4N6O8/c1-21(2)57-23(4)55-20-56-37(52)29(46-35(50)33-22(3)15-25(17-28(33)40)48-13-14-54-19-32(48)39(41,42)43)16-24-8-9-30(34-26(24)7-6-11-45-34)49-36(51)27-10-12-44-18-31(27)47(5)38(49)53/h6-12,15,17-18,21,29,32H,4,13-14,16,19-20H2,1-3,5H3,(H,46,50)/t29-,32+/m0/s1. The second-order valence-electron chi connectivity index (χ2n) is 13.5. The quantitative estimate of drug-likeness (QED) is 0.0816. The number of pyridine rings is 2. The van der Waals surface area contributed by atoms with Crippen LogP contribution in [0.1, 0.15) is 35.3 Å². The Morgan fingerprint density at radius 2 is 1.86 bits per heavy atom. The van der Waals surface area contributed by atoms with Crippen molar-refractivity contribution in [2.45, 2.75) is 51.6 Å². The monoisotopic (exact) mass is 794 g/mol. The molecule has 57 heavy (non-hydrogen) atoms. The molecular weight excluding hydrogens is 756 g/mol. The number of hydrogen-bond acceptors (Lipinski definition) is 11. The molecule has 1 fully saturated rings. The molecule has 0 spiro atoms. The average Bonchev–Trinajstić information content (AvgIpc) is 3.16. The third-order valence-corrected chi connectivity index (χ3v) is 9.29. The smallest absolute Gasteiger partial charge is 0.411 e. The van der Waals surface area contributed by atoms with Crippen LogP contribution in [0.25, 0.3) is 27.5 Å². The van der Waals surface area contributed by atoms with E-state index in [1.54, 1.807) is 32.0 Å². The molecule has 14 nitrogen and oxygen atoms in total. The van der Waals surface area contributed by atoms with Gasteiger partial charge in [0.2, 0.25) is 6.79 Å². The minimum atomic E-state index is -4.67. The topological polar surface area (TPSA) is 156 Å². The van der Waals surface area contributed by atoms with Gasteiger partial charge in [0.1, 0.15) is 17.9 Å². The van der Waals surface area contributed by atoms with Crippen molar-refractivity contribution >= 4 is 39.4 Å². The number of nitrogens with zero attached hydrogens (tertiary/aromatic N) is 5. The Labute approximate surface area is 322 Å². The fraction of sp³-hybridized carbons (Fsp3) is 0.333. The number of carbonyl (C=O) groups excluding carboxylic acids is 2. The van der Waals surface area contributed by atoms with Crippen molar-refractivity contribution in [1.29, 1.82) is 0 Å². The van der Waals surface area contributed by atoms with E-state index in [1.165, 1.54) is 55.3 Å². The van der Waals surface area contributed by atoms with E-state index < -0.39 is 66.2 Å². The van der Waals surface area contributed by atoms with Crippen molar-refractivity contribution in [3.8, 4) is 5.69 Å². The van der Waals surface area contributed by atoms with Gasteiger partial charge in [0, 0.05) is 43.5 Å². The van der Waals surface area contributed by atoms with Crippen molar-refractivity contribution < 1.29 is 46.1 Å². The number of halogens is 4. The van der Waals surface area contributed by atoms with Crippen LogP contribution < -0.4 is 21.5 Å². The lowest BCUT2D eigenvalue weighted by Gasteiger charge is -2.38. The zero-order valence-corrected chi connectivity index (χ0v) is 31.3. The van der Waals surface area contributed by atoms with Gasteiger partial charge < -0.3 is 29.2 Å². The molecule has 5 aromatic rings. The summed E-state index contributed by atoms with van der Waals surface area (Å²) in [5, 5.41) is 3.14. The van der Waals surface area contributed by atoms with Crippen LogP contribution in [0.15, 0.2) is 83.2 Å². The lowest BCUT2D eigenvalue weighted by Crippen LogP contribution is -2.53. The van der Waals surface area contributed by atoms with Gasteiger partial charge in [-0.2, -0.15) is 13.2 Å². The molecule has 1 saturated heterocycles. The number of alkyl halides is 3. The summed E-state index contributed by atoms with van der Waals surface area (Å²) in [6.07, 6.45) is -0.939.